The zero-order chi connectivity index (χ0) is 22.1. The topological polar surface area (TPSA) is 72.2 Å². The Balaban J connectivity index is 1.46. The molecule has 0 saturated heterocycles. The molecule has 5 rings (SSSR count). The molecule has 2 aromatic heterocycles. The molecule has 32 heavy (non-hydrogen) atoms. The number of benzene rings is 3. The van der Waals surface area contributed by atoms with E-state index in [1.807, 2.05) is 98.8 Å². The van der Waals surface area contributed by atoms with Crippen molar-refractivity contribution in [3.63, 3.8) is 0 Å². The van der Waals surface area contributed by atoms with E-state index in [0.29, 0.717) is 22.7 Å². The van der Waals surface area contributed by atoms with Crippen molar-refractivity contribution < 1.29 is 4.79 Å². The fraction of sp³-hybridized carbons (Fsp3) is 0.0769. The average molecular weight is 419 g/mol. The van der Waals surface area contributed by atoms with Crippen LogP contribution in [0.5, 0.6) is 0 Å². The lowest BCUT2D eigenvalue weighted by Gasteiger charge is -2.09. The average Bonchev–Trinajstić information content (AvgIpc) is 3.25. The highest BCUT2D eigenvalue weighted by atomic mass is 16.1. The first-order chi connectivity index (χ1) is 15.6. The standard InChI is InChI=1S/C26H21N5O/c1-17-11-12-21(15-18(17)2)26(32)27-22-10-6-9-20(16-22)23-13-14-24-28-29-25(31(24)30-23)19-7-4-3-5-8-19/h3-16H,1-2H3,(H,27,32). The Bertz CT molecular complexity index is 1440. The van der Waals surface area contributed by atoms with Crippen LogP contribution >= 0.6 is 0 Å². The predicted molar refractivity (Wildman–Crippen MR) is 126 cm³/mol. The number of aromatic nitrogens is 4. The van der Waals surface area contributed by atoms with E-state index in [2.05, 4.69) is 15.5 Å². The van der Waals surface area contributed by atoms with Gasteiger partial charge in [-0.15, -0.1) is 10.2 Å². The molecule has 6 nitrogen and oxygen atoms in total. The fourth-order valence-corrected chi connectivity index (χ4v) is 3.55. The van der Waals surface area contributed by atoms with Gasteiger partial charge in [0, 0.05) is 22.4 Å². The Morgan fingerprint density at radius 1 is 0.781 bits per heavy atom. The number of fused-ring (bicyclic) bond motifs is 1. The summed E-state index contributed by atoms with van der Waals surface area (Å²) in [7, 11) is 0. The summed E-state index contributed by atoms with van der Waals surface area (Å²) in [6.45, 7) is 4.03. The summed E-state index contributed by atoms with van der Waals surface area (Å²) in [5, 5.41) is 16.3. The van der Waals surface area contributed by atoms with Crippen molar-refractivity contribution in [2.24, 2.45) is 0 Å². The summed E-state index contributed by atoms with van der Waals surface area (Å²) in [6.07, 6.45) is 0. The molecule has 5 aromatic rings. The molecule has 0 bridgehead atoms. The number of amides is 1. The van der Waals surface area contributed by atoms with Gasteiger partial charge in [-0.25, -0.2) is 0 Å². The number of rotatable bonds is 4. The highest BCUT2D eigenvalue weighted by Crippen LogP contribution is 2.24. The maximum Gasteiger partial charge on any atom is 0.255 e. The molecule has 156 valence electrons. The smallest absolute Gasteiger partial charge is 0.255 e. The van der Waals surface area contributed by atoms with Crippen LogP contribution in [0.2, 0.25) is 0 Å². The van der Waals surface area contributed by atoms with E-state index in [4.69, 9.17) is 5.10 Å². The van der Waals surface area contributed by atoms with Crippen LogP contribution in [0.4, 0.5) is 5.69 Å². The van der Waals surface area contributed by atoms with Crippen molar-refractivity contribution in [2.45, 2.75) is 13.8 Å². The highest BCUT2D eigenvalue weighted by molar-refractivity contribution is 6.04. The molecule has 0 aliphatic heterocycles. The number of carbonyl (C=O) groups excluding carboxylic acids is 1. The second kappa shape index (κ2) is 8.07. The zero-order valence-corrected chi connectivity index (χ0v) is 17.8. The second-order valence-corrected chi connectivity index (χ2v) is 7.71. The van der Waals surface area contributed by atoms with Crippen molar-refractivity contribution in [1.29, 1.82) is 0 Å². The first kappa shape index (κ1) is 19.6. The van der Waals surface area contributed by atoms with Gasteiger partial charge in [-0.3, -0.25) is 4.79 Å². The first-order valence-corrected chi connectivity index (χ1v) is 10.4. The second-order valence-electron chi connectivity index (χ2n) is 7.71. The molecular weight excluding hydrogens is 398 g/mol. The summed E-state index contributed by atoms with van der Waals surface area (Å²) < 4.78 is 1.74. The van der Waals surface area contributed by atoms with Crippen molar-refractivity contribution in [1.82, 2.24) is 19.8 Å². The van der Waals surface area contributed by atoms with Gasteiger partial charge < -0.3 is 5.32 Å². The number of nitrogens with one attached hydrogen (secondary N) is 1. The Kier molecular flexibility index (Phi) is 4.95. The minimum Gasteiger partial charge on any atom is -0.322 e. The zero-order valence-electron chi connectivity index (χ0n) is 17.8. The molecule has 0 atom stereocenters. The molecule has 3 aromatic carbocycles. The molecular formula is C26H21N5O. The first-order valence-electron chi connectivity index (χ1n) is 10.4. The molecule has 0 aliphatic carbocycles. The third-order valence-corrected chi connectivity index (χ3v) is 5.48. The Labute approximate surface area is 185 Å². The van der Waals surface area contributed by atoms with E-state index in [-0.39, 0.29) is 5.91 Å². The Morgan fingerprint density at radius 2 is 1.59 bits per heavy atom. The number of carbonyl (C=O) groups is 1. The van der Waals surface area contributed by atoms with Gasteiger partial charge in [0.2, 0.25) is 0 Å². The van der Waals surface area contributed by atoms with Crippen LogP contribution in [0.25, 0.3) is 28.3 Å². The van der Waals surface area contributed by atoms with Gasteiger partial charge in [0.1, 0.15) is 0 Å². The Hall–Kier alpha value is -4.32. The molecule has 0 aliphatic rings. The summed E-state index contributed by atoms with van der Waals surface area (Å²) in [5.41, 5.74) is 6.86. The third-order valence-electron chi connectivity index (χ3n) is 5.48. The molecule has 6 heteroatoms. The van der Waals surface area contributed by atoms with Gasteiger partial charge in [0.25, 0.3) is 5.91 Å². The number of hydrogen-bond donors (Lipinski definition) is 1. The summed E-state index contributed by atoms with van der Waals surface area (Å²) in [5.74, 6) is 0.542. The van der Waals surface area contributed by atoms with E-state index in [1.54, 1.807) is 4.52 Å². The molecule has 0 radical (unpaired) electrons. The van der Waals surface area contributed by atoms with E-state index in [0.717, 1.165) is 27.9 Å². The van der Waals surface area contributed by atoms with Crippen molar-refractivity contribution in [3.8, 4) is 22.6 Å². The van der Waals surface area contributed by atoms with Gasteiger partial charge in [-0.1, -0.05) is 48.5 Å². The van der Waals surface area contributed by atoms with Crippen LogP contribution in [-0.4, -0.2) is 25.7 Å². The molecule has 2 heterocycles. The molecule has 0 fully saturated rings. The van der Waals surface area contributed by atoms with E-state index >= 15 is 0 Å². The summed E-state index contributed by atoms with van der Waals surface area (Å²) in [6, 6.07) is 27.0. The number of anilines is 1. The molecule has 0 unspecified atom stereocenters. The van der Waals surface area contributed by atoms with Gasteiger partial charge in [0.15, 0.2) is 11.5 Å². The van der Waals surface area contributed by atoms with Crippen LogP contribution in [-0.2, 0) is 0 Å². The van der Waals surface area contributed by atoms with Crippen LogP contribution in [0.15, 0.2) is 84.9 Å². The maximum atomic E-state index is 12.7. The Morgan fingerprint density at radius 3 is 2.41 bits per heavy atom. The fourth-order valence-electron chi connectivity index (χ4n) is 3.55. The largest absolute Gasteiger partial charge is 0.322 e. The highest BCUT2D eigenvalue weighted by Gasteiger charge is 2.12. The van der Waals surface area contributed by atoms with Crippen molar-refractivity contribution in [2.75, 3.05) is 5.32 Å². The van der Waals surface area contributed by atoms with Crippen molar-refractivity contribution in [3.05, 3.63) is 102 Å². The quantitative estimate of drug-likeness (QED) is 0.427. The molecule has 1 N–H and O–H groups in total. The lowest BCUT2D eigenvalue weighted by atomic mass is 10.1. The van der Waals surface area contributed by atoms with E-state index in [1.165, 1.54) is 0 Å². The van der Waals surface area contributed by atoms with Gasteiger partial charge >= 0.3 is 0 Å². The summed E-state index contributed by atoms with van der Waals surface area (Å²) >= 11 is 0. The monoisotopic (exact) mass is 419 g/mol. The lowest BCUT2D eigenvalue weighted by Crippen LogP contribution is -2.12. The molecule has 1 amide bonds. The minimum atomic E-state index is -0.140. The van der Waals surface area contributed by atoms with Crippen molar-refractivity contribution >= 4 is 17.2 Å². The van der Waals surface area contributed by atoms with Gasteiger partial charge in [-0.2, -0.15) is 9.61 Å². The predicted octanol–water partition coefficient (Wildman–Crippen LogP) is 5.33. The van der Waals surface area contributed by atoms with Crippen LogP contribution in [0.1, 0.15) is 21.5 Å². The van der Waals surface area contributed by atoms with Gasteiger partial charge in [-0.05, 0) is 61.4 Å². The third kappa shape index (κ3) is 3.74. The number of nitrogens with zero attached hydrogens (tertiary/aromatic N) is 4. The van der Waals surface area contributed by atoms with E-state index in [9.17, 15) is 4.79 Å². The minimum absolute atomic E-state index is 0.140. The number of aryl methyl sites for hydroxylation is 2. The molecule has 0 spiro atoms. The number of hydrogen-bond acceptors (Lipinski definition) is 4. The maximum absolute atomic E-state index is 12.7. The summed E-state index contributed by atoms with van der Waals surface area (Å²) in [4.78, 5) is 12.7. The van der Waals surface area contributed by atoms with Crippen LogP contribution in [0, 0.1) is 13.8 Å². The van der Waals surface area contributed by atoms with Crippen LogP contribution in [0.3, 0.4) is 0 Å². The lowest BCUT2D eigenvalue weighted by molar-refractivity contribution is 0.102. The van der Waals surface area contributed by atoms with E-state index < -0.39 is 0 Å². The van der Waals surface area contributed by atoms with Crippen LogP contribution < -0.4 is 5.32 Å². The SMILES string of the molecule is Cc1ccc(C(=O)Nc2cccc(-c3ccc4nnc(-c5ccccc5)n4n3)c2)cc1C. The normalized spacial score (nSPS) is 10.9. The molecule has 0 saturated carbocycles. The van der Waals surface area contributed by atoms with Gasteiger partial charge in [0.05, 0.1) is 5.69 Å².